The van der Waals surface area contributed by atoms with Crippen molar-refractivity contribution in [3.63, 3.8) is 0 Å². The minimum Gasteiger partial charge on any atom is -0.456 e. The number of para-hydroxylation sites is 4. The molecule has 0 bridgehead atoms. The molecule has 13 aromatic rings. The molecule has 4 aromatic heterocycles. The molecule has 5 heterocycles. The lowest BCUT2D eigenvalue weighted by Gasteiger charge is -2.19. The summed E-state index contributed by atoms with van der Waals surface area (Å²) in [5.41, 5.74) is 12.4. The van der Waals surface area contributed by atoms with Gasteiger partial charge in [-0.15, -0.1) is 11.3 Å². The van der Waals surface area contributed by atoms with E-state index in [0.29, 0.717) is 5.84 Å². The van der Waals surface area contributed by atoms with Gasteiger partial charge in [-0.2, -0.15) is 0 Å². The summed E-state index contributed by atoms with van der Waals surface area (Å²) >= 11 is 1.83. The number of aromatic nitrogens is 1. The van der Waals surface area contributed by atoms with E-state index < -0.39 is 0 Å². The molecule has 0 amide bonds. The monoisotopic (exact) mass is 851 g/mol. The highest BCUT2D eigenvalue weighted by molar-refractivity contribution is 7.26. The van der Waals surface area contributed by atoms with Crippen LogP contribution in [0.25, 0.3) is 108 Å². The van der Waals surface area contributed by atoms with Crippen molar-refractivity contribution < 1.29 is 8.83 Å². The molecule has 5 nitrogen and oxygen atoms in total. The molecule has 1 unspecified atom stereocenters. The van der Waals surface area contributed by atoms with E-state index in [4.69, 9.17) is 18.8 Å². The average molecular weight is 852 g/mol. The Balaban J connectivity index is 1.11. The van der Waals surface area contributed by atoms with Crippen molar-refractivity contribution in [3.05, 3.63) is 204 Å². The van der Waals surface area contributed by atoms with Gasteiger partial charge in [-0.05, 0) is 71.8 Å². The number of thiophene rings is 1. The second-order valence-electron chi connectivity index (χ2n) is 17.3. The van der Waals surface area contributed by atoms with E-state index in [2.05, 4.69) is 182 Å². The van der Waals surface area contributed by atoms with Crippen molar-refractivity contribution in [2.75, 3.05) is 0 Å². The Kier molecular flexibility index (Phi) is 7.69. The summed E-state index contributed by atoms with van der Waals surface area (Å²) in [4.78, 5) is 11.6. The highest BCUT2D eigenvalue weighted by Gasteiger charge is 2.29. The zero-order valence-electron chi connectivity index (χ0n) is 35.5. The second-order valence-corrected chi connectivity index (χ2v) is 18.3. The quantitative estimate of drug-likeness (QED) is 0.177. The van der Waals surface area contributed by atoms with E-state index in [1.165, 1.54) is 41.7 Å². The summed E-state index contributed by atoms with van der Waals surface area (Å²) in [7, 11) is 0. The molecule has 0 fully saturated rings. The molecule has 0 saturated carbocycles. The van der Waals surface area contributed by atoms with Crippen LogP contribution in [0, 0.1) is 5.92 Å². The topological polar surface area (TPSA) is 55.9 Å². The summed E-state index contributed by atoms with van der Waals surface area (Å²) in [6.45, 7) is 4.54. The van der Waals surface area contributed by atoms with Gasteiger partial charge >= 0.3 is 0 Å². The molecule has 0 radical (unpaired) electrons. The Labute approximate surface area is 376 Å². The molecule has 1 aliphatic heterocycles. The smallest absolute Gasteiger partial charge is 0.163 e. The first-order chi connectivity index (χ1) is 32.1. The van der Waals surface area contributed by atoms with Crippen molar-refractivity contribution in [1.29, 1.82) is 0 Å². The molecule has 65 heavy (non-hydrogen) atoms. The predicted octanol–water partition coefficient (Wildman–Crippen LogP) is 16.4. The minimum atomic E-state index is -0.122. The molecule has 0 N–H and O–H groups in total. The molecule has 0 saturated heterocycles. The van der Waals surface area contributed by atoms with E-state index in [0.717, 1.165) is 94.3 Å². The van der Waals surface area contributed by atoms with Gasteiger partial charge in [0.05, 0.1) is 33.7 Å². The Morgan fingerprint density at radius 3 is 1.95 bits per heavy atom. The third-order valence-corrected chi connectivity index (χ3v) is 15.0. The third-order valence-electron chi connectivity index (χ3n) is 13.7. The fraction of sp³-hybridized carbons (Fsp3) is 0.0508. The molecule has 14 rings (SSSR count). The van der Waals surface area contributed by atoms with Crippen LogP contribution in [-0.4, -0.2) is 16.1 Å². The first kappa shape index (κ1) is 36.4. The highest BCUT2D eigenvalue weighted by Crippen LogP contribution is 2.45. The molecule has 6 heteroatoms. The van der Waals surface area contributed by atoms with Crippen molar-refractivity contribution in [2.24, 2.45) is 15.9 Å². The van der Waals surface area contributed by atoms with Crippen LogP contribution in [0.1, 0.15) is 30.5 Å². The zero-order chi connectivity index (χ0) is 42.9. The largest absolute Gasteiger partial charge is 0.456 e. The van der Waals surface area contributed by atoms with E-state index >= 15 is 0 Å². The first-order valence-electron chi connectivity index (χ1n) is 22.1. The Bertz CT molecular complexity index is 4280. The maximum Gasteiger partial charge on any atom is 0.163 e. The van der Waals surface area contributed by atoms with Crippen LogP contribution in [0.2, 0.25) is 0 Å². The summed E-state index contributed by atoms with van der Waals surface area (Å²) < 4.78 is 18.4. The van der Waals surface area contributed by atoms with Gasteiger partial charge in [-0.25, -0.2) is 9.98 Å². The zero-order valence-corrected chi connectivity index (χ0v) is 36.3. The standard InChI is InChI=1S/C59H37N3O2S/c1-33-34(2)56(47-31-46-39-19-7-10-26-51(39)63-53(46)32-50(47)62-48-25-9-5-17-37(48)45-29-35-15-3-4-16-36(35)30-49(45)62)61-59(44-24-13-21-41-38-18-6-11-27-52(38)64-57(41)44)60-55(33)43-23-14-22-42-40-20-8-12-28-54(40)65-58(42)43/h3-33H,1-2H3. The Morgan fingerprint density at radius 2 is 1.12 bits per heavy atom. The van der Waals surface area contributed by atoms with Gasteiger partial charge in [0.1, 0.15) is 22.3 Å². The van der Waals surface area contributed by atoms with Gasteiger partial charge in [0.15, 0.2) is 5.84 Å². The van der Waals surface area contributed by atoms with E-state index in [1.54, 1.807) is 0 Å². The van der Waals surface area contributed by atoms with Gasteiger partial charge in [0, 0.05) is 75.6 Å². The maximum atomic E-state index is 6.75. The number of hydrogen-bond donors (Lipinski definition) is 0. The maximum absolute atomic E-state index is 6.75. The van der Waals surface area contributed by atoms with Gasteiger partial charge in [-0.1, -0.05) is 134 Å². The molecule has 0 aliphatic carbocycles. The van der Waals surface area contributed by atoms with Crippen LogP contribution in [0.4, 0.5) is 0 Å². The highest BCUT2D eigenvalue weighted by atomic mass is 32.1. The van der Waals surface area contributed by atoms with Crippen LogP contribution in [0.15, 0.2) is 206 Å². The van der Waals surface area contributed by atoms with E-state index in [9.17, 15) is 0 Å². The molecule has 1 atom stereocenters. The predicted molar refractivity (Wildman–Crippen MR) is 273 cm³/mol. The summed E-state index contributed by atoms with van der Waals surface area (Å²) in [6, 6.07) is 64.8. The number of hydrogen-bond acceptors (Lipinski definition) is 5. The van der Waals surface area contributed by atoms with Crippen LogP contribution in [-0.2, 0) is 0 Å². The van der Waals surface area contributed by atoms with Crippen LogP contribution in [0.3, 0.4) is 0 Å². The third kappa shape index (κ3) is 5.32. The number of rotatable bonds is 4. The number of aliphatic imine (C=N–C) groups is 2. The van der Waals surface area contributed by atoms with Crippen molar-refractivity contribution >= 4 is 125 Å². The van der Waals surface area contributed by atoms with E-state index in [1.807, 2.05) is 29.5 Å². The number of allylic oxidation sites excluding steroid dienone is 1. The number of furan rings is 2. The van der Waals surface area contributed by atoms with Crippen LogP contribution < -0.4 is 0 Å². The number of fused-ring (bicyclic) bond motifs is 13. The number of nitrogens with zero attached hydrogens (tertiary/aromatic N) is 3. The summed E-state index contributed by atoms with van der Waals surface area (Å²) in [5.74, 6) is 0.487. The normalized spacial score (nSPS) is 14.9. The van der Waals surface area contributed by atoms with Crippen molar-refractivity contribution in [3.8, 4) is 5.69 Å². The summed E-state index contributed by atoms with van der Waals surface area (Å²) in [5, 5.41) is 11.5. The van der Waals surface area contributed by atoms with Crippen LogP contribution in [0.5, 0.6) is 0 Å². The van der Waals surface area contributed by atoms with Gasteiger partial charge in [-0.3, -0.25) is 0 Å². The number of benzene rings is 9. The summed E-state index contributed by atoms with van der Waals surface area (Å²) in [6.07, 6.45) is 0. The molecular weight excluding hydrogens is 815 g/mol. The van der Waals surface area contributed by atoms with E-state index in [-0.39, 0.29) is 5.92 Å². The Hall–Kier alpha value is -8.06. The molecule has 0 spiro atoms. The number of amidine groups is 1. The van der Waals surface area contributed by atoms with Gasteiger partial charge in [0.25, 0.3) is 0 Å². The minimum absolute atomic E-state index is 0.122. The molecule has 1 aliphatic rings. The van der Waals surface area contributed by atoms with Crippen LogP contribution >= 0.6 is 11.3 Å². The molecule has 9 aromatic carbocycles. The van der Waals surface area contributed by atoms with Gasteiger partial charge < -0.3 is 13.4 Å². The fourth-order valence-electron chi connectivity index (χ4n) is 10.4. The van der Waals surface area contributed by atoms with Crippen molar-refractivity contribution in [2.45, 2.75) is 13.8 Å². The lowest BCUT2D eigenvalue weighted by molar-refractivity contribution is 0.668. The average Bonchev–Trinajstić information content (AvgIpc) is 4.10. The Morgan fingerprint density at radius 1 is 0.477 bits per heavy atom. The van der Waals surface area contributed by atoms with Crippen molar-refractivity contribution in [1.82, 2.24) is 4.57 Å². The lowest BCUT2D eigenvalue weighted by atomic mass is 9.88. The second kappa shape index (κ2) is 13.7. The first-order valence-corrected chi connectivity index (χ1v) is 22.9. The lowest BCUT2D eigenvalue weighted by Crippen LogP contribution is -2.16. The molecule has 306 valence electrons. The van der Waals surface area contributed by atoms with Gasteiger partial charge in [0.2, 0.25) is 0 Å². The fourth-order valence-corrected chi connectivity index (χ4v) is 11.7. The SMILES string of the molecule is CC1=C(c2cc3c(cc2-n2c4ccccc4c4cc5ccccc5cc42)oc2ccccc23)N=C(c2cccc3c2oc2ccccc23)N=C(c2cccc3c2sc2ccccc23)C1C. The molecular formula is C59H37N3O2S.